The summed E-state index contributed by atoms with van der Waals surface area (Å²) in [4.78, 5) is 24.0. The van der Waals surface area contributed by atoms with Crippen LogP contribution in [0.15, 0.2) is 0 Å². The first-order valence-corrected chi connectivity index (χ1v) is 5.06. The van der Waals surface area contributed by atoms with E-state index in [1.807, 2.05) is 0 Å². The highest BCUT2D eigenvalue weighted by Gasteiger charge is 2.33. The number of carbonyl (C=O) groups is 2. The van der Waals surface area contributed by atoms with Crippen molar-refractivity contribution in [3.8, 4) is 0 Å². The lowest BCUT2D eigenvalue weighted by atomic mass is 9.93. The Kier molecular flexibility index (Phi) is 3.34. The van der Waals surface area contributed by atoms with Gasteiger partial charge < -0.3 is 15.3 Å². The van der Waals surface area contributed by atoms with Gasteiger partial charge in [-0.3, -0.25) is 9.59 Å². The van der Waals surface area contributed by atoms with Crippen LogP contribution in [0.1, 0.15) is 20.3 Å². The highest BCUT2D eigenvalue weighted by molar-refractivity contribution is 5.83. The van der Waals surface area contributed by atoms with E-state index >= 15 is 0 Å². The molecule has 0 bridgehead atoms. The van der Waals surface area contributed by atoms with Crippen molar-refractivity contribution in [2.24, 2.45) is 5.41 Å². The lowest BCUT2D eigenvalue weighted by Crippen LogP contribution is -2.44. The molecule has 0 aromatic carbocycles. The van der Waals surface area contributed by atoms with E-state index < -0.39 is 11.4 Å². The average molecular weight is 214 g/mol. The minimum Gasteiger partial charge on any atom is -0.481 e. The summed E-state index contributed by atoms with van der Waals surface area (Å²) in [6.45, 7) is 4.34. The standard InChI is InChI=1S/C10H18N2O3/c1-10(2,9(14)15)6-11-7-4-5-12(3)8(7)13/h7,11H,4-6H2,1-3H3,(H,14,15). The molecule has 0 radical (unpaired) electrons. The van der Waals surface area contributed by atoms with E-state index in [1.165, 1.54) is 0 Å². The van der Waals surface area contributed by atoms with Crippen LogP contribution in [0.25, 0.3) is 0 Å². The minimum absolute atomic E-state index is 0.0520. The van der Waals surface area contributed by atoms with Gasteiger partial charge in [0.2, 0.25) is 5.91 Å². The number of carboxylic acid groups (broad SMARTS) is 1. The van der Waals surface area contributed by atoms with Crippen LogP contribution >= 0.6 is 0 Å². The summed E-state index contributed by atoms with van der Waals surface area (Å²) in [5.74, 6) is -0.801. The largest absolute Gasteiger partial charge is 0.481 e. The number of likely N-dealkylation sites (N-methyl/N-ethyl adjacent to an activating group) is 1. The molecule has 0 aromatic rings. The van der Waals surface area contributed by atoms with Crippen molar-refractivity contribution in [2.75, 3.05) is 20.1 Å². The predicted octanol–water partition coefficient (Wildman–Crippen LogP) is -0.0825. The Bertz CT molecular complexity index is 276. The van der Waals surface area contributed by atoms with E-state index in [9.17, 15) is 9.59 Å². The van der Waals surface area contributed by atoms with Crippen LogP contribution < -0.4 is 5.32 Å². The second-order valence-corrected chi connectivity index (χ2v) is 4.67. The van der Waals surface area contributed by atoms with E-state index in [2.05, 4.69) is 5.32 Å². The first-order chi connectivity index (χ1) is 6.84. The molecule has 2 N–H and O–H groups in total. The molecule has 5 nitrogen and oxygen atoms in total. The molecule has 1 heterocycles. The summed E-state index contributed by atoms with van der Waals surface area (Å²) in [7, 11) is 1.76. The van der Waals surface area contributed by atoms with Gasteiger partial charge in [0, 0.05) is 20.1 Å². The monoisotopic (exact) mass is 214 g/mol. The van der Waals surface area contributed by atoms with Crippen molar-refractivity contribution in [1.82, 2.24) is 10.2 Å². The van der Waals surface area contributed by atoms with Crippen LogP contribution in [0, 0.1) is 5.41 Å². The topological polar surface area (TPSA) is 69.6 Å². The maximum atomic E-state index is 11.5. The van der Waals surface area contributed by atoms with Crippen molar-refractivity contribution in [3.63, 3.8) is 0 Å². The number of carboxylic acids is 1. The van der Waals surface area contributed by atoms with Gasteiger partial charge >= 0.3 is 5.97 Å². The fourth-order valence-corrected chi connectivity index (χ4v) is 1.47. The van der Waals surface area contributed by atoms with E-state index in [0.717, 1.165) is 13.0 Å². The van der Waals surface area contributed by atoms with Crippen molar-refractivity contribution < 1.29 is 14.7 Å². The Morgan fingerprint density at radius 2 is 2.27 bits per heavy atom. The number of rotatable bonds is 4. The van der Waals surface area contributed by atoms with Crippen LogP contribution in [-0.4, -0.2) is 48.1 Å². The Balaban J connectivity index is 2.45. The molecule has 15 heavy (non-hydrogen) atoms. The molecule has 0 saturated carbocycles. The Morgan fingerprint density at radius 3 is 2.67 bits per heavy atom. The maximum Gasteiger partial charge on any atom is 0.310 e. The first-order valence-electron chi connectivity index (χ1n) is 5.06. The summed E-state index contributed by atoms with van der Waals surface area (Å²) in [6, 6.07) is -0.214. The molecule has 1 atom stereocenters. The fourth-order valence-electron chi connectivity index (χ4n) is 1.47. The van der Waals surface area contributed by atoms with Crippen LogP contribution in [0.2, 0.25) is 0 Å². The van der Waals surface area contributed by atoms with E-state index in [-0.39, 0.29) is 11.9 Å². The zero-order chi connectivity index (χ0) is 11.6. The van der Waals surface area contributed by atoms with Gasteiger partial charge in [0.05, 0.1) is 11.5 Å². The maximum absolute atomic E-state index is 11.5. The zero-order valence-corrected chi connectivity index (χ0v) is 9.41. The molecule has 0 aromatic heterocycles. The summed E-state index contributed by atoms with van der Waals surface area (Å²) in [6.07, 6.45) is 0.755. The average Bonchev–Trinajstić information content (AvgIpc) is 2.45. The summed E-state index contributed by atoms with van der Waals surface area (Å²) < 4.78 is 0. The van der Waals surface area contributed by atoms with Crippen molar-refractivity contribution in [2.45, 2.75) is 26.3 Å². The highest BCUT2D eigenvalue weighted by Crippen LogP contribution is 2.15. The molecule has 5 heteroatoms. The van der Waals surface area contributed by atoms with Gasteiger partial charge in [-0.1, -0.05) is 0 Å². The Morgan fingerprint density at radius 1 is 1.67 bits per heavy atom. The number of carbonyl (C=O) groups excluding carboxylic acids is 1. The molecule has 0 spiro atoms. The molecular formula is C10H18N2O3. The molecule has 0 aliphatic carbocycles. The molecule has 1 rings (SSSR count). The second kappa shape index (κ2) is 4.18. The first kappa shape index (κ1) is 12.0. The van der Waals surface area contributed by atoms with Crippen molar-refractivity contribution in [1.29, 1.82) is 0 Å². The van der Waals surface area contributed by atoms with Crippen LogP contribution in [0.4, 0.5) is 0 Å². The zero-order valence-electron chi connectivity index (χ0n) is 9.41. The fraction of sp³-hybridized carbons (Fsp3) is 0.800. The number of likely N-dealkylation sites (tertiary alicyclic amines) is 1. The van der Waals surface area contributed by atoms with Crippen LogP contribution in [0.5, 0.6) is 0 Å². The van der Waals surface area contributed by atoms with Crippen LogP contribution in [-0.2, 0) is 9.59 Å². The van der Waals surface area contributed by atoms with E-state index in [1.54, 1.807) is 25.8 Å². The van der Waals surface area contributed by atoms with Crippen molar-refractivity contribution in [3.05, 3.63) is 0 Å². The predicted molar refractivity (Wildman–Crippen MR) is 55.5 cm³/mol. The number of amides is 1. The number of nitrogens with zero attached hydrogens (tertiary/aromatic N) is 1. The molecular weight excluding hydrogens is 196 g/mol. The van der Waals surface area contributed by atoms with Gasteiger partial charge in [-0.05, 0) is 20.3 Å². The Hall–Kier alpha value is -1.10. The SMILES string of the molecule is CN1CCC(NCC(C)(C)C(=O)O)C1=O. The second-order valence-electron chi connectivity index (χ2n) is 4.67. The molecule has 1 saturated heterocycles. The third-order valence-corrected chi connectivity index (χ3v) is 2.80. The molecule has 1 amide bonds. The van der Waals surface area contributed by atoms with Gasteiger partial charge in [-0.15, -0.1) is 0 Å². The van der Waals surface area contributed by atoms with Gasteiger partial charge in [0.25, 0.3) is 0 Å². The molecule has 86 valence electrons. The molecule has 1 unspecified atom stereocenters. The summed E-state index contributed by atoms with van der Waals surface area (Å²) >= 11 is 0. The Labute approximate surface area is 89.4 Å². The van der Waals surface area contributed by atoms with Gasteiger partial charge in [-0.2, -0.15) is 0 Å². The van der Waals surface area contributed by atoms with Crippen molar-refractivity contribution >= 4 is 11.9 Å². The van der Waals surface area contributed by atoms with Gasteiger partial charge in [-0.25, -0.2) is 0 Å². The number of nitrogens with one attached hydrogen (secondary N) is 1. The third-order valence-electron chi connectivity index (χ3n) is 2.80. The number of hydrogen-bond donors (Lipinski definition) is 2. The molecule has 1 aliphatic rings. The lowest BCUT2D eigenvalue weighted by Gasteiger charge is -2.21. The highest BCUT2D eigenvalue weighted by atomic mass is 16.4. The van der Waals surface area contributed by atoms with Gasteiger partial charge in [0.1, 0.15) is 0 Å². The summed E-state index contributed by atoms with van der Waals surface area (Å²) in [5.41, 5.74) is -0.832. The van der Waals surface area contributed by atoms with E-state index in [0.29, 0.717) is 6.54 Å². The van der Waals surface area contributed by atoms with Crippen LogP contribution in [0.3, 0.4) is 0 Å². The third kappa shape index (κ3) is 2.68. The van der Waals surface area contributed by atoms with E-state index in [4.69, 9.17) is 5.11 Å². The molecule has 1 fully saturated rings. The minimum atomic E-state index is -0.853. The number of aliphatic carboxylic acids is 1. The number of hydrogen-bond acceptors (Lipinski definition) is 3. The lowest BCUT2D eigenvalue weighted by molar-refractivity contribution is -0.147. The van der Waals surface area contributed by atoms with Gasteiger partial charge in [0.15, 0.2) is 0 Å². The molecule has 1 aliphatic heterocycles. The smallest absolute Gasteiger partial charge is 0.310 e. The normalized spacial score (nSPS) is 22.2. The summed E-state index contributed by atoms with van der Waals surface area (Å²) in [5, 5.41) is 11.9. The quantitative estimate of drug-likeness (QED) is 0.686.